The van der Waals surface area contributed by atoms with Crippen LogP contribution in [-0.4, -0.2) is 85.4 Å². The van der Waals surface area contributed by atoms with Crippen molar-refractivity contribution in [2.24, 2.45) is 5.73 Å². The molecule has 3 aliphatic rings. The van der Waals surface area contributed by atoms with Crippen molar-refractivity contribution in [3.05, 3.63) is 35.9 Å². The van der Waals surface area contributed by atoms with Gasteiger partial charge in [-0.2, -0.15) is 0 Å². The molecule has 0 aliphatic carbocycles. The van der Waals surface area contributed by atoms with Crippen LogP contribution in [0.15, 0.2) is 30.3 Å². The van der Waals surface area contributed by atoms with Crippen molar-refractivity contribution in [2.45, 2.75) is 82.4 Å². The lowest BCUT2D eigenvalue weighted by atomic mass is 10.0. The van der Waals surface area contributed by atoms with Crippen molar-refractivity contribution >= 4 is 0 Å². The summed E-state index contributed by atoms with van der Waals surface area (Å²) >= 11 is 0. The van der Waals surface area contributed by atoms with Gasteiger partial charge in [-0.3, -0.25) is 0 Å². The quantitative estimate of drug-likeness (QED) is 0.398. The lowest BCUT2D eigenvalue weighted by Gasteiger charge is -2.38. The molecule has 3 heterocycles. The summed E-state index contributed by atoms with van der Waals surface area (Å²) in [5.74, 6) is -0.706. The van der Waals surface area contributed by atoms with Gasteiger partial charge in [-0.05, 0) is 38.8 Å². The Morgan fingerprint density at radius 3 is 2.56 bits per heavy atom. The van der Waals surface area contributed by atoms with Crippen LogP contribution in [0.25, 0.3) is 0 Å². The second kappa shape index (κ2) is 10.5. The molecule has 0 radical (unpaired) electrons. The number of nitrogens with zero attached hydrogens (tertiary/aromatic N) is 1. The molecule has 7 nitrogen and oxygen atoms in total. The molecule has 4 rings (SSSR count). The van der Waals surface area contributed by atoms with Gasteiger partial charge in [0, 0.05) is 19.3 Å². The predicted molar refractivity (Wildman–Crippen MR) is 122 cm³/mol. The van der Waals surface area contributed by atoms with Gasteiger partial charge in [0.15, 0.2) is 12.1 Å². The minimum Gasteiger partial charge on any atom is -0.384 e. The number of quaternary nitrogens is 1. The molecule has 180 valence electrons. The normalized spacial score (nSPS) is 31.6. The second-order valence-electron chi connectivity index (χ2n) is 10.1. The lowest BCUT2D eigenvalue weighted by molar-refractivity contribution is -0.920. The van der Waals surface area contributed by atoms with Gasteiger partial charge in [0.05, 0.1) is 26.2 Å². The zero-order chi connectivity index (χ0) is 22.6. The summed E-state index contributed by atoms with van der Waals surface area (Å²) in [4.78, 5) is 0. The first-order valence-electron chi connectivity index (χ1n) is 12.3. The fraction of sp³-hybridized carbons (Fsp3) is 0.760. The number of ether oxygens (including phenoxy) is 4. The molecule has 0 spiro atoms. The van der Waals surface area contributed by atoms with Crippen LogP contribution in [0.4, 0.5) is 0 Å². The van der Waals surface area contributed by atoms with E-state index in [4.69, 9.17) is 24.7 Å². The van der Waals surface area contributed by atoms with Crippen LogP contribution < -0.4 is 5.73 Å². The number of hydrogen-bond donors (Lipinski definition) is 2. The van der Waals surface area contributed by atoms with Gasteiger partial charge in [0.2, 0.25) is 0 Å². The maximum atomic E-state index is 11.3. The summed E-state index contributed by atoms with van der Waals surface area (Å²) < 4.78 is 25.6. The molecule has 3 aliphatic heterocycles. The highest BCUT2D eigenvalue weighted by atomic mass is 16.8. The van der Waals surface area contributed by atoms with E-state index in [0.29, 0.717) is 19.7 Å². The van der Waals surface area contributed by atoms with Crippen LogP contribution in [0.3, 0.4) is 0 Å². The molecule has 0 bridgehead atoms. The van der Waals surface area contributed by atoms with Gasteiger partial charge in [-0.15, -0.1) is 0 Å². The summed E-state index contributed by atoms with van der Waals surface area (Å²) in [6.45, 7) is 8.96. The highest BCUT2D eigenvalue weighted by Crippen LogP contribution is 2.40. The number of aliphatic hydroxyl groups excluding tert-OH is 1. The minimum absolute atomic E-state index is 0.322. The molecule has 0 amide bonds. The molecule has 0 saturated carbocycles. The van der Waals surface area contributed by atoms with Crippen molar-refractivity contribution in [3.8, 4) is 0 Å². The molecule has 5 atom stereocenters. The van der Waals surface area contributed by atoms with E-state index in [0.717, 1.165) is 43.4 Å². The molecule has 3 saturated heterocycles. The minimum atomic E-state index is -0.706. The Morgan fingerprint density at radius 2 is 1.84 bits per heavy atom. The molecule has 32 heavy (non-hydrogen) atoms. The number of likely N-dealkylation sites (tertiary alicyclic amines) is 1. The Kier molecular flexibility index (Phi) is 7.88. The molecule has 0 unspecified atom stereocenters. The largest absolute Gasteiger partial charge is 0.384 e. The van der Waals surface area contributed by atoms with Crippen LogP contribution >= 0.6 is 0 Å². The molecule has 1 aromatic carbocycles. The Bertz CT molecular complexity index is 710. The number of aryl methyl sites for hydroxylation is 1. The molecule has 1 aromatic rings. The van der Waals surface area contributed by atoms with Crippen LogP contribution in [0.5, 0.6) is 0 Å². The topological polar surface area (TPSA) is 83.2 Å². The van der Waals surface area contributed by atoms with E-state index in [2.05, 4.69) is 24.3 Å². The van der Waals surface area contributed by atoms with Crippen LogP contribution in [0, 0.1) is 0 Å². The first kappa shape index (κ1) is 24.1. The third-order valence-corrected chi connectivity index (χ3v) is 7.09. The standard InChI is InChI=1S/C25H41N2O5/c1-25(2)31-22-21(20(28)18-27(16-9-13-26)14-6-7-15-27)30-24(23(22)32-25)29-17-8-12-19-10-4-3-5-11-19/h3-5,10-11,20-24,28H,6-9,12-18,26H2,1-2H3/q+1/t20-,21-,22+,23+,24+/m1/s1. The van der Waals surface area contributed by atoms with E-state index in [9.17, 15) is 5.11 Å². The number of rotatable bonds is 11. The van der Waals surface area contributed by atoms with Crippen LogP contribution in [0.2, 0.25) is 0 Å². The van der Waals surface area contributed by atoms with Gasteiger partial charge in [0.1, 0.15) is 31.0 Å². The average Bonchev–Trinajstić information content (AvgIpc) is 3.44. The predicted octanol–water partition coefficient (Wildman–Crippen LogP) is 2.20. The van der Waals surface area contributed by atoms with Crippen molar-refractivity contribution in [1.29, 1.82) is 0 Å². The highest BCUT2D eigenvalue weighted by molar-refractivity contribution is 5.14. The Balaban J connectivity index is 1.35. The third kappa shape index (κ3) is 5.70. The van der Waals surface area contributed by atoms with Gasteiger partial charge in [-0.25, -0.2) is 0 Å². The summed E-state index contributed by atoms with van der Waals surface area (Å²) in [6, 6.07) is 10.4. The molecule has 7 heteroatoms. The van der Waals surface area contributed by atoms with Crippen molar-refractivity contribution in [1.82, 2.24) is 0 Å². The molecular formula is C25H41N2O5+. The van der Waals surface area contributed by atoms with Gasteiger partial charge < -0.3 is 34.3 Å². The molecule has 0 aromatic heterocycles. The monoisotopic (exact) mass is 449 g/mol. The number of nitrogens with two attached hydrogens (primary N) is 1. The van der Waals surface area contributed by atoms with Crippen molar-refractivity contribution < 1.29 is 28.5 Å². The third-order valence-electron chi connectivity index (χ3n) is 7.09. The molecule has 3 fully saturated rings. The fourth-order valence-corrected chi connectivity index (χ4v) is 5.59. The van der Waals surface area contributed by atoms with E-state index < -0.39 is 24.3 Å². The van der Waals surface area contributed by atoms with Crippen molar-refractivity contribution in [3.63, 3.8) is 0 Å². The Morgan fingerprint density at radius 1 is 1.12 bits per heavy atom. The summed E-state index contributed by atoms with van der Waals surface area (Å²) in [5.41, 5.74) is 7.08. The van der Waals surface area contributed by atoms with Crippen LogP contribution in [-0.2, 0) is 25.4 Å². The number of benzene rings is 1. The summed E-state index contributed by atoms with van der Waals surface area (Å²) in [5, 5.41) is 11.3. The SMILES string of the molecule is CC1(C)O[C@@H]2[C@H](O1)[C@@H](OCCCc1ccccc1)O[C@@H]2[C@H](O)C[N+]1(CCCN)CCCC1. The molecule has 3 N–H and O–H groups in total. The first-order valence-corrected chi connectivity index (χ1v) is 12.3. The zero-order valence-corrected chi connectivity index (χ0v) is 19.7. The maximum absolute atomic E-state index is 11.3. The van der Waals surface area contributed by atoms with E-state index in [1.165, 1.54) is 18.4 Å². The van der Waals surface area contributed by atoms with Crippen LogP contribution in [0.1, 0.15) is 45.1 Å². The van der Waals surface area contributed by atoms with E-state index >= 15 is 0 Å². The molecular weight excluding hydrogens is 408 g/mol. The van der Waals surface area contributed by atoms with Gasteiger partial charge in [0.25, 0.3) is 0 Å². The fourth-order valence-electron chi connectivity index (χ4n) is 5.59. The van der Waals surface area contributed by atoms with E-state index in [1.54, 1.807) is 0 Å². The summed E-state index contributed by atoms with van der Waals surface area (Å²) in [6.07, 6.45) is 2.99. The average molecular weight is 450 g/mol. The lowest BCUT2D eigenvalue weighted by Crippen LogP contribution is -2.55. The second-order valence-corrected chi connectivity index (χ2v) is 10.1. The number of hydrogen-bond acceptors (Lipinski definition) is 6. The smallest absolute Gasteiger partial charge is 0.187 e. The maximum Gasteiger partial charge on any atom is 0.187 e. The summed E-state index contributed by atoms with van der Waals surface area (Å²) in [7, 11) is 0. The first-order chi connectivity index (χ1) is 15.4. The van der Waals surface area contributed by atoms with Gasteiger partial charge >= 0.3 is 0 Å². The van der Waals surface area contributed by atoms with Crippen molar-refractivity contribution in [2.75, 3.05) is 39.3 Å². The van der Waals surface area contributed by atoms with E-state index in [-0.39, 0.29) is 12.2 Å². The Labute approximate surface area is 192 Å². The number of fused-ring (bicyclic) bond motifs is 1. The van der Waals surface area contributed by atoms with E-state index in [1.807, 2.05) is 19.9 Å². The number of aliphatic hydroxyl groups is 1. The van der Waals surface area contributed by atoms with Gasteiger partial charge in [-0.1, -0.05) is 30.3 Å². The zero-order valence-electron chi connectivity index (χ0n) is 19.7. The Hall–Kier alpha value is -1.06. The highest BCUT2D eigenvalue weighted by Gasteiger charge is 2.58.